The highest BCUT2D eigenvalue weighted by Crippen LogP contribution is 2.25. The number of aromatic nitrogens is 2. The lowest BCUT2D eigenvalue weighted by atomic mass is 9.98. The number of aliphatic imine (C=N–C) groups is 1. The molecule has 126 valence electrons. The zero-order valence-corrected chi connectivity index (χ0v) is 15.5. The molecule has 0 radical (unpaired) electrons. The van der Waals surface area contributed by atoms with E-state index >= 15 is 0 Å². The fourth-order valence-corrected chi connectivity index (χ4v) is 2.81. The third kappa shape index (κ3) is 4.79. The smallest absolute Gasteiger partial charge is 0.214 e. The van der Waals surface area contributed by atoms with Crippen molar-refractivity contribution in [2.75, 3.05) is 7.05 Å². The Morgan fingerprint density at radius 2 is 1.91 bits per heavy atom. The third-order valence-electron chi connectivity index (χ3n) is 3.33. The lowest BCUT2D eigenvalue weighted by molar-refractivity contribution is 0.463. The lowest BCUT2D eigenvalue weighted by Crippen LogP contribution is -2.36. The minimum atomic E-state index is 0.0868. The van der Waals surface area contributed by atoms with Crippen molar-refractivity contribution in [3.05, 3.63) is 33.4 Å². The summed E-state index contributed by atoms with van der Waals surface area (Å²) in [7, 11) is 1.74. The number of nitrogens with one attached hydrogen (secondary N) is 2. The van der Waals surface area contributed by atoms with Crippen LogP contribution in [0.1, 0.15) is 48.8 Å². The first-order chi connectivity index (χ1) is 10.8. The van der Waals surface area contributed by atoms with Crippen molar-refractivity contribution in [2.24, 2.45) is 4.99 Å². The second-order valence-corrected chi connectivity index (χ2v) is 7.28. The minimum Gasteiger partial charge on any atom is -0.444 e. The van der Waals surface area contributed by atoms with E-state index in [4.69, 9.17) is 4.42 Å². The van der Waals surface area contributed by atoms with Crippen molar-refractivity contribution in [1.82, 2.24) is 20.6 Å². The van der Waals surface area contributed by atoms with E-state index < -0.39 is 0 Å². The number of oxazole rings is 1. The van der Waals surface area contributed by atoms with Crippen LogP contribution in [0, 0.1) is 13.8 Å². The molecule has 0 fully saturated rings. The molecule has 2 N–H and O–H groups in total. The van der Waals surface area contributed by atoms with Crippen molar-refractivity contribution < 1.29 is 4.42 Å². The molecule has 23 heavy (non-hydrogen) atoms. The standard InChI is InChI=1S/C16H25N5OS/c1-10-11(2)22-13(20-10)8-19-15(17-6)18-7-12-9-23-14(21-12)16(3,4)5/h9H,7-8H2,1-6H3,(H2,17,18,19). The van der Waals surface area contributed by atoms with Gasteiger partial charge in [0.05, 0.1) is 29.5 Å². The van der Waals surface area contributed by atoms with Crippen LogP contribution < -0.4 is 10.6 Å². The minimum absolute atomic E-state index is 0.0868. The molecule has 2 heterocycles. The Bertz CT molecular complexity index is 661. The van der Waals surface area contributed by atoms with E-state index in [-0.39, 0.29) is 5.41 Å². The molecule has 0 amide bonds. The Labute approximate surface area is 141 Å². The van der Waals surface area contributed by atoms with Crippen LogP contribution in [-0.4, -0.2) is 23.0 Å². The van der Waals surface area contributed by atoms with E-state index in [0.29, 0.717) is 24.9 Å². The summed E-state index contributed by atoms with van der Waals surface area (Å²) in [6, 6.07) is 0. The molecule has 0 spiro atoms. The van der Waals surface area contributed by atoms with Crippen molar-refractivity contribution >= 4 is 17.3 Å². The molecule has 0 aliphatic heterocycles. The quantitative estimate of drug-likeness (QED) is 0.664. The SMILES string of the molecule is CN=C(NCc1csc(C(C)(C)C)n1)NCc1nc(C)c(C)o1. The summed E-state index contributed by atoms with van der Waals surface area (Å²) in [6.07, 6.45) is 0. The van der Waals surface area contributed by atoms with Crippen LogP contribution in [0.5, 0.6) is 0 Å². The van der Waals surface area contributed by atoms with Crippen LogP contribution in [0.4, 0.5) is 0 Å². The normalized spacial score (nSPS) is 12.5. The van der Waals surface area contributed by atoms with E-state index in [1.165, 1.54) is 0 Å². The van der Waals surface area contributed by atoms with Gasteiger partial charge in [0.15, 0.2) is 5.96 Å². The molecular weight excluding hydrogens is 310 g/mol. The van der Waals surface area contributed by atoms with Gasteiger partial charge in [-0.1, -0.05) is 20.8 Å². The predicted octanol–water partition coefficient (Wildman–Crippen LogP) is 2.91. The van der Waals surface area contributed by atoms with Gasteiger partial charge in [0.2, 0.25) is 5.89 Å². The van der Waals surface area contributed by atoms with Crippen LogP contribution in [0.15, 0.2) is 14.8 Å². The fraction of sp³-hybridized carbons (Fsp3) is 0.562. The molecule has 0 aromatic carbocycles. The second kappa shape index (κ2) is 7.12. The van der Waals surface area contributed by atoms with Gasteiger partial charge < -0.3 is 15.1 Å². The van der Waals surface area contributed by atoms with Crippen molar-refractivity contribution in [3.8, 4) is 0 Å². The molecule has 0 bridgehead atoms. The predicted molar refractivity (Wildman–Crippen MR) is 93.8 cm³/mol. The molecular formula is C16H25N5OS. The van der Waals surface area contributed by atoms with Gasteiger partial charge in [0.25, 0.3) is 0 Å². The molecule has 0 aliphatic carbocycles. The summed E-state index contributed by atoms with van der Waals surface area (Å²) in [6.45, 7) is 11.5. The average Bonchev–Trinajstić information content (AvgIpc) is 3.06. The Morgan fingerprint density at radius 1 is 1.22 bits per heavy atom. The maximum atomic E-state index is 5.55. The fourth-order valence-electron chi connectivity index (χ4n) is 1.90. The summed E-state index contributed by atoms with van der Waals surface area (Å²) in [5.74, 6) is 2.21. The topological polar surface area (TPSA) is 75.3 Å². The molecule has 0 aliphatic rings. The summed E-state index contributed by atoms with van der Waals surface area (Å²) >= 11 is 1.69. The first-order valence-corrected chi connectivity index (χ1v) is 8.50. The van der Waals surface area contributed by atoms with E-state index in [1.807, 2.05) is 13.8 Å². The van der Waals surface area contributed by atoms with Crippen molar-refractivity contribution in [3.63, 3.8) is 0 Å². The number of hydrogen-bond donors (Lipinski definition) is 2. The molecule has 0 unspecified atom stereocenters. The second-order valence-electron chi connectivity index (χ2n) is 6.42. The first kappa shape index (κ1) is 17.5. The Balaban J connectivity index is 1.86. The van der Waals surface area contributed by atoms with Crippen LogP contribution in [0.3, 0.4) is 0 Å². The van der Waals surface area contributed by atoms with Gasteiger partial charge >= 0.3 is 0 Å². The van der Waals surface area contributed by atoms with Crippen LogP contribution in [-0.2, 0) is 18.5 Å². The monoisotopic (exact) mass is 335 g/mol. The summed E-state index contributed by atoms with van der Waals surface area (Å²) in [4.78, 5) is 13.2. The maximum absolute atomic E-state index is 5.55. The van der Waals surface area contributed by atoms with Crippen LogP contribution in [0.2, 0.25) is 0 Å². The number of hydrogen-bond acceptors (Lipinski definition) is 5. The molecule has 2 aromatic heterocycles. The summed E-state index contributed by atoms with van der Waals surface area (Å²) in [5.41, 5.74) is 2.02. The number of aryl methyl sites for hydroxylation is 2. The van der Waals surface area contributed by atoms with Gasteiger partial charge in [-0.05, 0) is 13.8 Å². The Hall–Kier alpha value is -1.89. The van der Waals surface area contributed by atoms with Gasteiger partial charge in [-0.2, -0.15) is 0 Å². The average molecular weight is 335 g/mol. The van der Waals surface area contributed by atoms with E-state index in [2.05, 4.69) is 51.7 Å². The van der Waals surface area contributed by atoms with E-state index in [0.717, 1.165) is 22.2 Å². The lowest BCUT2D eigenvalue weighted by Gasteiger charge is -2.13. The van der Waals surface area contributed by atoms with Crippen molar-refractivity contribution in [2.45, 2.75) is 53.1 Å². The highest BCUT2D eigenvalue weighted by atomic mass is 32.1. The van der Waals surface area contributed by atoms with Gasteiger partial charge in [-0.15, -0.1) is 11.3 Å². The number of guanidine groups is 1. The van der Waals surface area contributed by atoms with E-state index in [9.17, 15) is 0 Å². The summed E-state index contributed by atoms with van der Waals surface area (Å²) < 4.78 is 5.55. The Morgan fingerprint density at radius 3 is 2.43 bits per heavy atom. The number of nitrogens with zero attached hydrogens (tertiary/aromatic N) is 3. The molecule has 2 aromatic rings. The maximum Gasteiger partial charge on any atom is 0.214 e. The van der Waals surface area contributed by atoms with Crippen LogP contribution >= 0.6 is 11.3 Å². The molecule has 0 saturated heterocycles. The van der Waals surface area contributed by atoms with Crippen LogP contribution in [0.25, 0.3) is 0 Å². The highest BCUT2D eigenvalue weighted by Gasteiger charge is 2.17. The molecule has 6 nitrogen and oxygen atoms in total. The number of thiazole rings is 1. The molecule has 2 rings (SSSR count). The molecule has 0 saturated carbocycles. The highest BCUT2D eigenvalue weighted by molar-refractivity contribution is 7.09. The van der Waals surface area contributed by atoms with Gasteiger partial charge in [0.1, 0.15) is 5.76 Å². The third-order valence-corrected chi connectivity index (χ3v) is 4.65. The zero-order valence-electron chi connectivity index (χ0n) is 14.6. The van der Waals surface area contributed by atoms with Gasteiger partial charge in [-0.3, -0.25) is 4.99 Å². The van der Waals surface area contributed by atoms with Gasteiger partial charge in [0, 0.05) is 17.8 Å². The Kier molecular flexibility index (Phi) is 5.41. The number of rotatable bonds is 4. The van der Waals surface area contributed by atoms with E-state index in [1.54, 1.807) is 18.4 Å². The first-order valence-electron chi connectivity index (χ1n) is 7.62. The van der Waals surface area contributed by atoms with Crippen molar-refractivity contribution in [1.29, 1.82) is 0 Å². The largest absolute Gasteiger partial charge is 0.444 e. The summed E-state index contributed by atoms with van der Waals surface area (Å²) in [5, 5.41) is 9.67. The zero-order chi connectivity index (χ0) is 17.0. The molecule has 0 atom stereocenters. The molecule has 7 heteroatoms. The van der Waals surface area contributed by atoms with Gasteiger partial charge in [-0.25, -0.2) is 9.97 Å².